The molecule has 2 aromatic carbocycles. The van der Waals surface area contributed by atoms with Crippen LogP contribution in [0.1, 0.15) is 102 Å². The molecule has 10 nitrogen and oxygen atoms in total. The number of hydrogen-bond acceptors (Lipinski definition) is 9. The van der Waals surface area contributed by atoms with Crippen LogP contribution in [-0.2, 0) is 49.4 Å². The number of carbonyl (C=O) groups is 1. The van der Waals surface area contributed by atoms with E-state index in [9.17, 15) is 13.2 Å². The Labute approximate surface area is 267 Å². The summed E-state index contributed by atoms with van der Waals surface area (Å²) in [4.78, 5) is 11.9. The first-order chi connectivity index (χ1) is 21.1. The molecule has 3 heterocycles. The maximum atomic E-state index is 14.1. The number of benzene rings is 2. The molecule has 11 heteroatoms. The Hall–Kier alpha value is -2.38. The highest BCUT2D eigenvalue weighted by atomic mass is 32.2. The van der Waals surface area contributed by atoms with Gasteiger partial charge in [0.05, 0.1) is 19.6 Å². The van der Waals surface area contributed by atoms with E-state index < -0.39 is 52.8 Å². The summed E-state index contributed by atoms with van der Waals surface area (Å²) in [5.74, 6) is -0.935. The minimum atomic E-state index is -4.25. The van der Waals surface area contributed by atoms with Crippen LogP contribution in [0.25, 0.3) is 0 Å². The molecule has 3 fully saturated rings. The zero-order valence-electron chi connectivity index (χ0n) is 27.4. The van der Waals surface area contributed by atoms with Crippen molar-refractivity contribution in [3.8, 4) is 0 Å². The molecule has 248 valence electrons. The highest BCUT2D eigenvalue weighted by Gasteiger charge is 2.58. The fourth-order valence-corrected chi connectivity index (χ4v) is 7.58. The van der Waals surface area contributed by atoms with Gasteiger partial charge in [-0.05, 0) is 53.9 Å². The number of carbonyl (C=O) groups excluding carboxylic acids is 1. The first-order valence-corrected chi connectivity index (χ1v) is 17.2. The summed E-state index contributed by atoms with van der Waals surface area (Å²) in [6, 6.07) is 13.6. The number of hydrogen-bond donors (Lipinski definition) is 1. The van der Waals surface area contributed by atoms with Gasteiger partial charge >= 0.3 is 0 Å². The van der Waals surface area contributed by atoms with Crippen LogP contribution in [0.5, 0.6) is 0 Å². The van der Waals surface area contributed by atoms with Crippen molar-refractivity contribution in [3.05, 3.63) is 64.7 Å². The van der Waals surface area contributed by atoms with Crippen molar-refractivity contribution in [2.75, 3.05) is 6.61 Å². The van der Waals surface area contributed by atoms with Crippen LogP contribution in [-0.4, -0.2) is 63.7 Å². The van der Waals surface area contributed by atoms with Gasteiger partial charge in [-0.3, -0.25) is 8.98 Å². The quantitative estimate of drug-likeness (QED) is 0.224. The molecule has 1 amide bonds. The number of rotatable bonds is 13. The molecule has 1 N–H and O–H groups in total. The topological polar surface area (TPSA) is 119 Å². The predicted octanol–water partition coefficient (Wildman–Crippen LogP) is 5.46. The molecule has 6 atom stereocenters. The van der Waals surface area contributed by atoms with Gasteiger partial charge in [0.15, 0.2) is 12.1 Å². The van der Waals surface area contributed by atoms with E-state index in [0.29, 0.717) is 11.1 Å². The molecular weight excluding hydrogens is 598 g/mol. The molecule has 3 aliphatic heterocycles. The van der Waals surface area contributed by atoms with Gasteiger partial charge in [0, 0.05) is 0 Å². The van der Waals surface area contributed by atoms with Crippen LogP contribution in [0.15, 0.2) is 47.4 Å². The van der Waals surface area contributed by atoms with E-state index in [2.05, 4.69) is 19.2 Å². The van der Waals surface area contributed by atoms with E-state index in [0.717, 1.165) is 11.1 Å². The first kappa shape index (κ1) is 34.0. The molecule has 3 saturated heterocycles. The smallest absolute Gasteiger partial charge is 0.297 e. The Morgan fingerprint density at radius 3 is 2.13 bits per heavy atom. The third-order valence-corrected chi connectivity index (χ3v) is 9.85. The van der Waals surface area contributed by atoms with Crippen molar-refractivity contribution >= 4 is 16.0 Å². The molecule has 0 bridgehead atoms. The third-order valence-electron chi connectivity index (χ3n) is 8.43. The molecule has 0 spiro atoms. The standard InChI is InChI=1S/C34H47NO9S/c1-19(2)23-14-24(20(3)4)32(25(15-23)21(5)6)45(37,38)40-18-26(41-28-16-27(36)35-28)29-30(39-17-22-12-10-9-11-13-22)31-33(42-29)44-34(7,8)43-31/h9-15,19-21,26,28-31,33H,16-18H2,1-8H3,(H,35,36)/t26-,28?,29-,30+,31-,33-/m1/s1. The Kier molecular flexibility index (Phi) is 10.1. The SMILES string of the molecule is CC(C)c1cc(C(C)C)c(S(=O)(=O)OC[C@@H](OC2CC(=O)N2)[C@H]2O[C@@H]3OC(C)(C)O[C@@H]3[C@H]2OCc2ccccc2)c(C(C)C)c1. The largest absolute Gasteiger partial charge is 0.368 e. The average molecular weight is 646 g/mol. The minimum absolute atomic E-state index is 0.0576. The van der Waals surface area contributed by atoms with Gasteiger partial charge in [-0.2, -0.15) is 8.42 Å². The lowest BCUT2D eigenvalue weighted by Gasteiger charge is -2.35. The maximum absolute atomic E-state index is 14.1. The van der Waals surface area contributed by atoms with Crippen LogP contribution in [0.3, 0.4) is 0 Å². The van der Waals surface area contributed by atoms with Gasteiger partial charge in [0.1, 0.15) is 35.5 Å². The van der Waals surface area contributed by atoms with Crippen molar-refractivity contribution < 1.29 is 41.1 Å². The second-order valence-electron chi connectivity index (χ2n) is 13.5. The molecule has 45 heavy (non-hydrogen) atoms. The number of β-lactam (4-membered cyclic amide) rings is 1. The summed E-state index contributed by atoms with van der Waals surface area (Å²) in [5, 5.41) is 2.70. The zero-order chi connectivity index (χ0) is 32.7. The fraction of sp³-hybridized carbons (Fsp3) is 0.618. The lowest BCUT2D eigenvalue weighted by atomic mass is 9.89. The Morgan fingerprint density at radius 1 is 0.956 bits per heavy atom. The highest BCUT2D eigenvalue weighted by Crippen LogP contribution is 2.41. The van der Waals surface area contributed by atoms with Crippen molar-refractivity contribution in [3.63, 3.8) is 0 Å². The molecule has 2 aromatic rings. The lowest BCUT2D eigenvalue weighted by Crippen LogP contribution is -2.55. The van der Waals surface area contributed by atoms with Crippen LogP contribution < -0.4 is 5.32 Å². The van der Waals surface area contributed by atoms with E-state index in [1.54, 1.807) is 13.8 Å². The van der Waals surface area contributed by atoms with Crippen LogP contribution in [0.2, 0.25) is 0 Å². The van der Waals surface area contributed by atoms with Gasteiger partial charge in [-0.25, -0.2) is 0 Å². The van der Waals surface area contributed by atoms with E-state index >= 15 is 0 Å². The molecule has 0 aromatic heterocycles. The normalized spacial score (nSPS) is 26.7. The summed E-state index contributed by atoms with van der Waals surface area (Å²) >= 11 is 0. The van der Waals surface area contributed by atoms with Crippen molar-refractivity contribution in [2.24, 2.45) is 0 Å². The van der Waals surface area contributed by atoms with Crippen molar-refractivity contribution in [1.29, 1.82) is 0 Å². The van der Waals surface area contributed by atoms with E-state index in [1.807, 2.05) is 70.2 Å². The van der Waals surface area contributed by atoms with E-state index in [1.165, 1.54) is 0 Å². The highest BCUT2D eigenvalue weighted by molar-refractivity contribution is 7.86. The van der Waals surface area contributed by atoms with Gasteiger partial charge in [0.25, 0.3) is 10.1 Å². The van der Waals surface area contributed by atoms with Gasteiger partial charge in [-0.1, -0.05) is 84.0 Å². The van der Waals surface area contributed by atoms with Gasteiger partial charge < -0.3 is 29.0 Å². The number of amides is 1. The summed E-state index contributed by atoms with van der Waals surface area (Å²) in [6.07, 6.45) is -4.24. The van der Waals surface area contributed by atoms with Gasteiger partial charge in [0.2, 0.25) is 5.91 Å². The molecule has 1 unspecified atom stereocenters. The van der Waals surface area contributed by atoms with Crippen molar-refractivity contribution in [2.45, 2.75) is 134 Å². The van der Waals surface area contributed by atoms with Gasteiger partial charge in [-0.15, -0.1) is 0 Å². The summed E-state index contributed by atoms with van der Waals surface area (Å²) in [6.45, 7) is 15.6. The Balaban J connectivity index is 1.45. The fourth-order valence-electron chi connectivity index (χ4n) is 5.99. The average Bonchev–Trinajstić information content (AvgIpc) is 3.43. The molecule has 0 aliphatic carbocycles. The van der Waals surface area contributed by atoms with Crippen LogP contribution in [0.4, 0.5) is 0 Å². The first-order valence-electron chi connectivity index (χ1n) is 15.8. The second-order valence-corrected chi connectivity index (χ2v) is 15.0. The maximum Gasteiger partial charge on any atom is 0.297 e. The Bertz CT molecular complexity index is 1420. The molecule has 0 saturated carbocycles. The minimum Gasteiger partial charge on any atom is -0.368 e. The second kappa shape index (κ2) is 13.4. The summed E-state index contributed by atoms with van der Waals surface area (Å²) in [7, 11) is -4.25. The molecule has 0 radical (unpaired) electrons. The number of ether oxygens (including phenoxy) is 5. The summed E-state index contributed by atoms with van der Waals surface area (Å²) in [5.41, 5.74) is 3.46. The molecule has 5 rings (SSSR count). The van der Waals surface area contributed by atoms with Crippen LogP contribution >= 0.6 is 0 Å². The molecular formula is C34H47NO9S. The monoisotopic (exact) mass is 645 g/mol. The molecule has 3 aliphatic rings. The third kappa shape index (κ3) is 7.62. The predicted molar refractivity (Wildman–Crippen MR) is 167 cm³/mol. The van der Waals surface area contributed by atoms with E-state index in [-0.39, 0.29) is 48.2 Å². The number of fused-ring (bicyclic) bond motifs is 1. The van der Waals surface area contributed by atoms with Crippen molar-refractivity contribution in [1.82, 2.24) is 5.32 Å². The zero-order valence-corrected chi connectivity index (χ0v) is 28.3. The lowest BCUT2D eigenvalue weighted by molar-refractivity contribution is -0.241. The number of nitrogens with one attached hydrogen (secondary N) is 1. The van der Waals surface area contributed by atoms with E-state index in [4.69, 9.17) is 27.9 Å². The Morgan fingerprint density at radius 2 is 1.58 bits per heavy atom. The van der Waals surface area contributed by atoms with Crippen LogP contribution in [0, 0.1) is 0 Å². The summed E-state index contributed by atoms with van der Waals surface area (Å²) < 4.78 is 65.3.